The SMILES string of the molecule is CCCCCCOc1ccc(-c2cnc(-c3ccc(C[C@@H](CC(=O)O)NC(=O)c4ccc(C(C)(C)C)cc4)cc3)nc2)cc1. The van der Waals surface area contributed by atoms with E-state index >= 15 is 0 Å². The minimum atomic E-state index is -0.965. The fourth-order valence-corrected chi connectivity index (χ4v) is 4.94. The van der Waals surface area contributed by atoms with Crippen molar-refractivity contribution in [1.82, 2.24) is 15.3 Å². The Kier molecular flexibility index (Phi) is 11.2. The van der Waals surface area contributed by atoms with Gasteiger partial charge in [-0.05, 0) is 59.2 Å². The van der Waals surface area contributed by atoms with E-state index in [-0.39, 0.29) is 17.7 Å². The summed E-state index contributed by atoms with van der Waals surface area (Å²) in [5, 5.41) is 12.4. The van der Waals surface area contributed by atoms with Crippen LogP contribution >= 0.6 is 0 Å². The van der Waals surface area contributed by atoms with Crippen LogP contribution in [0.25, 0.3) is 22.5 Å². The van der Waals surface area contributed by atoms with E-state index in [4.69, 9.17) is 4.74 Å². The highest BCUT2D eigenvalue weighted by Gasteiger charge is 2.19. The first kappa shape index (κ1) is 32.4. The molecular formula is C37H43N3O4. The van der Waals surface area contributed by atoms with E-state index < -0.39 is 12.0 Å². The maximum Gasteiger partial charge on any atom is 0.305 e. The number of hydrogen-bond acceptors (Lipinski definition) is 5. The Morgan fingerprint density at radius 1 is 0.818 bits per heavy atom. The number of ether oxygens (including phenoxy) is 1. The van der Waals surface area contributed by atoms with Crippen molar-refractivity contribution in [3.05, 3.63) is 102 Å². The van der Waals surface area contributed by atoms with Crippen molar-refractivity contribution in [3.8, 4) is 28.3 Å². The summed E-state index contributed by atoms with van der Waals surface area (Å²) in [5.41, 5.74) is 5.31. The molecule has 7 nitrogen and oxygen atoms in total. The highest BCUT2D eigenvalue weighted by Crippen LogP contribution is 2.24. The van der Waals surface area contributed by atoms with Gasteiger partial charge in [-0.1, -0.05) is 95.5 Å². The second-order valence-corrected chi connectivity index (χ2v) is 12.2. The predicted molar refractivity (Wildman–Crippen MR) is 175 cm³/mol. The number of rotatable bonds is 14. The molecule has 0 aliphatic heterocycles. The van der Waals surface area contributed by atoms with Crippen molar-refractivity contribution >= 4 is 11.9 Å². The number of aromatic nitrogens is 2. The number of nitrogens with zero attached hydrogens (tertiary/aromatic N) is 2. The van der Waals surface area contributed by atoms with Gasteiger partial charge in [0, 0.05) is 35.1 Å². The van der Waals surface area contributed by atoms with Crippen molar-refractivity contribution in [2.75, 3.05) is 6.61 Å². The van der Waals surface area contributed by atoms with Gasteiger partial charge < -0.3 is 15.2 Å². The number of hydrogen-bond donors (Lipinski definition) is 2. The van der Waals surface area contributed by atoms with Crippen LogP contribution in [0.2, 0.25) is 0 Å². The third-order valence-electron chi connectivity index (χ3n) is 7.57. The second kappa shape index (κ2) is 15.3. The average Bonchev–Trinajstić information content (AvgIpc) is 3.01. The molecule has 0 radical (unpaired) electrons. The zero-order chi connectivity index (χ0) is 31.5. The van der Waals surface area contributed by atoms with Crippen LogP contribution in [0.4, 0.5) is 0 Å². The van der Waals surface area contributed by atoms with Crippen LogP contribution in [0.1, 0.15) is 81.3 Å². The molecule has 0 saturated heterocycles. The minimum Gasteiger partial charge on any atom is -0.494 e. The average molecular weight is 594 g/mol. The monoisotopic (exact) mass is 593 g/mol. The zero-order valence-corrected chi connectivity index (χ0v) is 26.2. The summed E-state index contributed by atoms with van der Waals surface area (Å²) in [6.45, 7) is 9.28. The van der Waals surface area contributed by atoms with Crippen LogP contribution in [0.15, 0.2) is 85.2 Å². The second-order valence-electron chi connectivity index (χ2n) is 12.2. The normalized spacial score (nSPS) is 12.0. The fraction of sp³-hybridized carbons (Fsp3) is 0.351. The number of benzene rings is 3. The van der Waals surface area contributed by atoms with Gasteiger partial charge in [-0.3, -0.25) is 9.59 Å². The number of aliphatic carboxylic acids is 1. The first-order chi connectivity index (χ1) is 21.1. The molecule has 1 aromatic heterocycles. The summed E-state index contributed by atoms with van der Waals surface area (Å²) in [7, 11) is 0. The highest BCUT2D eigenvalue weighted by molar-refractivity contribution is 5.94. The Bertz CT molecular complexity index is 1490. The Hall–Kier alpha value is -4.52. The first-order valence-corrected chi connectivity index (χ1v) is 15.4. The number of unbranched alkanes of at least 4 members (excludes halogenated alkanes) is 3. The third-order valence-corrected chi connectivity index (χ3v) is 7.57. The van der Waals surface area contributed by atoms with Crippen molar-refractivity contribution in [2.24, 2.45) is 0 Å². The molecule has 0 unspecified atom stereocenters. The molecule has 1 heterocycles. The Morgan fingerprint density at radius 3 is 2.05 bits per heavy atom. The highest BCUT2D eigenvalue weighted by atomic mass is 16.5. The van der Waals surface area contributed by atoms with Crippen LogP contribution in [0.3, 0.4) is 0 Å². The number of carboxylic acids is 1. The van der Waals surface area contributed by atoms with E-state index in [1.807, 2.05) is 73.1 Å². The molecule has 2 N–H and O–H groups in total. The summed E-state index contributed by atoms with van der Waals surface area (Å²) in [6.07, 6.45) is 8.54. The molecule has 1 atom stereocenters. The molecule has 0 aliphatic carbocycles. The number of nitrogens with one attached hydrogen (secondary N) is 1. The number of carbonyl (C=O) groups excluding carboxylic acids is 1. The molecule has 3 aromatic carbocycles. The molecule has 44 heavy (non-hydrogen) atoms. The molecule has 0 aliphatic rings. The van der Waals surface area contributed by atoms with Crippen LogP contribution in [-0.2, 0) is 16.6 Å². The lowest BCUT2D eigenvalue weighted by Gasteiger charge is -2.20. The van der Waals surface area contributed by atoms with Crippen LogP contribution in [0, 0.1) is 0 Å². The third kappa shape index (κ3) is 9.49. The largest absolute Gasteiger partial charge is 0.494 e. The Morgan fingerprint density at radius 2 is 1.45 bits per heavy atom. The van der Waals surface area contributed by atoms with Gasteiger partial charge in [0.15, 0.2) is 5.82 Å². The zero-order valence-electron chi connectivity index (χ0n) is 26.2. The van der Waals surface area contributed by atoms with Crippen molar-refractivity contribution < 1.29 is 19.4 Å². The van der Waals surface area contributed by atoms with Gasteiger partial charge in [0.2, 0.25) is 0 Å². The number of carbonyl (C=O) groups is 2. The summed E-state index contributed by atoms with van der Waals surface area (Å²) < 4.78 is 5.84. The number of carboxylic acid groups (broad SMARTS) is 1. The predicted octanol–water partition coefficient (Wildman–Crippen LogP) is 7.88. The standard InChI is InChI=1S/C37H43N3O4/c1-5-6-7-8-21-44-33-19-15-27(16-20-33)30-24-38-35(39-25-30)28-11-9-26(10-12-28)22-32(23-34(41)42)40-36(43)29-13-17-31(18-14-29)37(2,3)4/h9-20,24-25,32H,5-8,21-23H2,1-4H3,(H,40,43)(H,41,42)/t32-/m0/s1. The van der Waals surface area contributed by atoms with E-state index in [0.717, 1.165) is 46.6 Å². The summed E-state index contributed by atoms with van der Waals surface area (Å²) in [4.78, 5) is 33.6. The molecule has 230 valence electrons. The van der Waals surface area contributed by atoms with Gasteiger partial charge >= 0.3 is 5.97 Å². The lowest BCUT2D eigenvalue weighted by atomic mass is 9.86. The van der Waals surface area contributed by atoms with Crippen LogP contribution in [0.5, 0.6) is 5.75 Å². The van der Waals surface area contributed by atoms with Gasteiger partial charge in [-0.25, -0.2) is 9.97 Å². The van der Waals surface area contributed by atoms with E-state index in [2.05, 4.69) is 43.0 Å². The van der Waals surface area contributed by atoms with Gasteiger partial charge in [0.05, 0.1) is 13.0 Å². The molecule has 0 bridgehead atoms. The first-order valence-electron chi connectivity index (χ1n) is 15.4. The lowest BCUT2D eigenvalue weighted by molar-refractivity contribution is -0.137. The van der Waals surface area contributed by atoms with E-state index in [0.29, 0.717) is 17.8 Å². The molecule has 1 amide bonds. The van der Waals surface area contributed by atoms with Gasteiger partial charge in [-0.15, -0.1) is 0 Å². The molecule has 0 saturated carbocycles. The molecular weight excluding hydrogens is 550 g/mol. The number of amides is 1. The Labute approximate surface area is 260 Å². The van der Waals surface area contributed by atoms with Gasteiger partial charge in [-0.2, -0.15) is 0 Å². The Balaban J connectivity index is 1.35. The maximum absolute atomic E-state index is 12.9. The van der Waals surface area contributed by atoms with E-state index in [9.17, 15) is 14.7 Å². The summed E-state index contributed by atoms with van der Waals surface area (Å²) in [5.74, 6) is 0.212. The topological polar surface area (TPSA) is 101 Å². The van der Waals surface area contributed by atoms with Crippen molar-refractivity contribution in [3.63, 3.8) is 0 Å². The lowest BCUT2D eigenvalue weighted by Crippen LogP contribution is -2.38. The van der Waals surface area contributed by atoms with E-state index in [1.165, 1.54) is 19.3 Å². The molecule has 0 spiro atoms. The molecule has 4 aromatic rings. The minimum absolute atomic E-state index is 0.0188. The van der Waals surface area contributed by atoms with Crippen molar-refractivity contribution in [2.45, 2.75) is 77.7 Å². The van der Waals surface area contributed by atoms with Crippen molar-refractivity contribution in [1.29, 1.82) is 0 Å². The van der Waals surface area contributed by atoms with E-state index in [1.54, 1.807) is 12.1 Å². The molecule has 4 rings (SSSR count). The smallest absolute Gasteiger partial charge is 0.305 e. The summed E-state index contributed by atoms with van der Waals surface area (Å²) in [6, 6.07) is 22.6. The molecule has 7 heteroatoms. The quantitative estimate of drug-likeness (QED) is 0.144. The van der Waals surface area contributed by atoms with Crippen LogP contribution in [-0.4, -0.2) is 39.6 Å². The van der Waals surface area contributed by atoms with Crippen LogP contribution < -0.4 is 10.1 Å². The molecule has 0 fully saturated rings. The fourth-order valence-electron chi connectivity index (χ4n) is 4.94. The maximum atomic E-state index is 12.9. The summed E-state index contributed by atoms with van der Waals surface area (Å²) >= 11 is 0. The van der Waals surface area contributed by atoms with Gasteiger partial charge in [0.1, 0.15) is 5.75 Å². The van der Waals surface area contributed by atoms with Gasteiger partial charge in [0.25, 0.3) is 5.91 Å².